The van der Waals surface area contributed by atoms with E-state index in [0.717, 1.165) is 5.56 Å². The summed E-state index contributed by atoms with van der Waals surface area (Å²) in [6.07, 6.45) is 21.2. The molecule has 3 nitrogen and oxygen atoms in total. The van der Waals surface area contributed by atoms with E-state index < -0.39 is 0 Å². The molecular formula is C102H76O3. The van der Waals surface area contributed by atoms with Crippen LogP contribution in [0.5, 0.6) is 17.2 Å². The van der Waals surface area contributed by atoms with Gasteiger partial charge in [-0.15, -0.1) is 0 Å². The summed E-state index contributed by atoms with van der Waals surface area (Å²) in [5.74, 6) is 0.267. The average molecular weight is 1350 g/mol. The molecule has 0 spiro atoms. The smallest absolute Gasteiger partial charge is 0.119 e. The molecular weight excluding hydrogens is 1270 g/mol. The van der Waals surface area contributed by atoms with Crippen LogP contribution in [0.25, 0.3) is 147 Å². The summed E-state index contributed by atoms with van der Waals surface area (Å²) in [5.41, 5.74) is 11.6. The van der Waals surface area contributed by atoms with E-state index in [1.165, 1.54) is 137 Å². The van der Waals surface area contributed by atoms with E-state index in [9.17, 15) is 10.2 Å². The summed E-state index contributed by atoms with van der Waals surface area (Å²) in [4.78, 5) is 0. The molecule has 0 heterocycles. The van der Waals surface area contributed by atoms with Crippen molar-refractivity contribution in [3.8, 4) is 17.2 Å². The summed E-state index contributed by atoms with van der Waals surface area (Å²) in [5, 5.41) is 48.3. The molecule has 0 saturated heterocycles. The Balaban J connectivity index is 0.000000111. The molecule has 18 aromatic rings. The van der Waals surface area contributed by atoms with Gasteiger partial charge in [-0.1, -0.05) is 388 Å². The SMILES string of the molecule is C(=C/c1ccc2ccccc2c1)/c1ccc2ccccc2c1.C(=C/c1cccc2ccccc12)/c1cccc2ccccc12.C(=C\c1ccc2ccccc2c1)/c1ccc2ccccc2c1.C(=C\c1cccc2ccccc12)/c1cccc2ccccc12.Oc1ccc(/C=C/c2cc(O)cc(O)c2)cc1. The zero-order valence-electron chi connectivity index (χ0n) is 58.0. The summed E-state index contributed by atoms with van der Waals surface area (Å²) >= 11 is 0. The highest BCUT2D eigenvalue weighted by Gasteiger charge is 2.04. The van der Waals surface area contributed by atoms with E-state index in [0.29, 0.717) is 5.56 Å². The number of phenols is 3. The summed E-state index contributed by atoms with van der Waals surface area (Å²) in [6, 6.07) is 131. The Morgan fingerprint density at radius 3 is 0.638 bits per heavy atom. The van der Waals surface area contributed by atoms with Crippen molar-refractivity contribution in [3.63, 3.8) is 0 Å². The van der Waals surface area contributed by atoms with E-state index in [4.69, 9.17) is 5.11 Å². The van der Waals surface area contributed by atoms with Gasteiger partial charge in [-0.05, 0) is 190 Å². The molecule has 105 heavy (non-hydrogen) atoms. The quantitative estimate of drug-likeness (QED) is 0.120. The molecule has 0 aliphatic rings. The van der Waals surface area contributed by atoms with Crippen molar-refractivity contribution < 1.29 is 15.3 Å². The van der Waals surface area contributed by atoms with Gasteiger partial charge in [-0.2, -0.15) is 0 Å². The van der Waals surface area contributed by atoms with Crippen molar-refractivity contribution in [2.24, 2.45) is 0 Å². The lowest BCUT2D eigenvalue weighted by Crippen LogP contribution is -1.79. The summed E-state index contributed by atoms with van der Waals surface area (Å²) < 4.78 is 0. The monoisotopic (exact) mass is 1350 g/mol. The van der Waals surface area contributed by atoms with Crippen molar-refractivity contribution in [2.75, 3.05) is 0 Å². The molecule has 0 aliphatic heterocycles. The first-order valence-electron chi connectivity index (χ1n) is 35.3. The van der Waals surface area contributed by atoms with Crippen LogP contribution >= 0.6 is 0 Å². The second kappa shape index (κ2) is 33.5. The van der Waals surface area contributed by atoms with Crippen molar-refractivity contribution in [1.82, 2.24) is 0 Å². The number of hydrogen-bond acceptors (Lipinski definition) is 3. The Morgan fingerprint density at radius 2 is 0.352 bits per heavy atom. The van der Waals surface area contributed by atoms with Crippen molar-refractivity contribution in [2.45, 2.75) is 0 Å². The van der Waals surface area contributed by atoms with E-state index in [1.54, 1.807) is 42.5 Å². The second-order valence-electron chi connectivity index (χ2n) is 25.7. The Labute approximate surface area is 613 Å². The highest BCUT2D eigenvalue weighted by molar-refractivity contribution is 5.99. The molecule has 18 rings (SSSR count). The number of rotatable bonds is 10. The van der Waals surface area contributed by atoms with Crippen molar-refractivity contribution in [3.05, 3.63) is 438 Å². The fourth-order valence-corrected chi connectivity index (χ4v) is 13.1. The molecule has 0 radical (unpaired) electrons. The summed E-state index contributed by atoms with van der Waals surface area (Å²) in [6.45, 7) is 0. The van der Waals surface area contributed by atoms with E-state index in [-0.39, 0.29) is 17.2 Å². The maximum Gasteiger partial charge on any atom is 0.119 e. The van der Waals surface area contributed by atoms with Gasteiger partial charge in [0.25, 0.3) is 0 Å². The van der Waals surface area contributed by atoms with Gasteiger partial charge in [-0.3, -0.25) is 0 Å². The van der Waals surface area contributed by atoms with Gasteiger partial charge in [0.15, 0.2) is 0 Å². The fraction of sp³-hybridized carbons (Fsp3) is 0. The minimum atomic E-state index is 0.0235. The third kappa shape index (κ3) is 18.0. The molecule has 0 saturated carbocycles. The number of fused-ring (bicyclic) bond motifs is 8. The standard InChI is InChI=1S/4C22H16.C14H12O3/c2*1-3-13-21-17(7-1)9-5-11-19(21)15-16-20-12-6-10-18-8-2-4-14-22(18)20;2*1-3-7-21-15-17(11-13-19(21)5-1)9-10-18-12-14-20-6-2-4-8-22(20)16-18;15-12-5-3-10(4-6-12)1-2-11-7-13(16)9-14(17)8-11/h4*1-16H;1-9,15-17H/b16-15+;16-15-;10-9+;10-9-;2-1+. The van der Waals surface area contributed by atoms with Crippen LogP contribution in [-0.2, 0) is 0 Å². The number of benzene rings is 18. The molecule has 0 amide bonds. The maximum absolute atomic E-state index is 9.30. The number of aromatic hydroxyl groups is 3. The van der Waals surface area contributed by atoms with Crippen LogP contribution in [0.3, 0.4) is 0 Å². The van der Waals surface area contributed by atoms with E-state index in [2.05, 4.69) is 388 Å². The second-order valence-corrected chi connectivity index (χ2v) is 25.7. The molecule has 3 N–H and O–H groups in total. The average Bonchev–Trinajstić information content (AvgIpc) is 0.824. The van der Waals surface area contributed by atoms with Gasteiger partial charge in [0.05, 0.1) is 0 Å². The first-order chi connectivity index (χ1) is 51.7. The third-order valence-electron chi connectivity index (χ3n) is 18.5. The topological polar surface area (TPSA) is 60.7 Å². The predicted molar refractivity (Wildman–Crippen MR) is 454 cm³/mol. The molecule has 0 aromatic heterocycles. The molecule has 18 aromatic carbocycles. The predicted octanol–water partition coefficient (Wildman–Crippen LogP) is 27.6. The number of phenolic OH excluding ortho intramolecular Hbond substituents is 3. The normalized spacial score (nSPS) is 11.4. The van der Waals surface area contributed by atoms with Gasteiger partial charge in [0.1, 0.15) is 17.2 Å². The lowest BCUT2D eigenvalue weighted by atomic mass is 10.0. The van der Waals surface area contributed by atoms with Gasteiger partial charge in [0.2, 0.25) is 0 Å². The third-order valence-corrected chi connectivity index (χ3v) is 18.5. The summed E-state index contributed by atoms with van der Waals surface area (Å²) in [7, 11) is 0. The largest absolute Gasteiger partial charge is 0.508 e. The molecule has 3 heteroatoms. The van der Waals surface area contributed by atoms with Gasteiger partial charge < -0.3 is 15.3 Å². The Kier molecular flexibility index (Phi) is 21.8. The van der Waals surface area contributed by atoms with Crippen LogP contribution in [0.4, 0.5) is 0 Å². The van der Waals surface area contributed by atoms with E-state index >= 15 is 0 Å². The lowest BCUT2D eigenvalue weighted by molar-refractivity contribution is 0.450. The minimum Gasteiger partial charge on any atom is -0.508 e. The van der Waals surface area contributed by atoms with Crippen LogP contribution in [0.1, 0.15) is 55.6 Å². The van der Waals surface area contributed by atoms with Gasteiger partial charge >= 0.3 is 0 Å². The lowest BCUT2D eigenvalue weighted by Gasteiger charge is -2.04. The Hall–Kier alpha value is -13.9. The van der Waals surface area contributed by atoms with Crippen LogP contribution < -0.4 is 0 Å². The maximum atomic E-state index is 9.30. The molecule has 0 unspecified atom stereocenters. The minimum absolute atomic E-state index is 0.0235. The Bertz CT molecular complexity index is 5510. The highest BCUT2D eigenvalue weighted by Crippen LogP contribution is 2.29. The fourth-order valence-electron chi connectivity index (χ4n) is 13.1. The molecule has 502 valence electrons. The van der Waals surface area contributed by atoms with Crippen molar-refractivity contribution in [1.29, 1.82) is 0 Å². The highest BCUT2D eigenvalue weighted by atomic mass is 16.3. The molecule has 0 fully saturated rings. The molecule has 0 atom stereocenters. The molecule has 0 aliphatic carbocycles. The zero-order chi connectivity index (χ0) is 71.4. The number of hydrogen-bond donors (Lipinski definition) is 3. The Morgan fingerprint density at radius 1 is 0.133 bits per heavy atom. The van der Waals surface area contributed by atoms with Gasteiger partial charge in [0, 0.05) is 6.07 Å². The van der Waals surface area contributed by atoms with Crippen molar-refractivity contribution >= 4 is 147 Å². The van der Waals surface area contributed by atoms with Crippen LogP contribution in [0.2, 0.25) is 0 Å². The zero-order valence-corrected chi connectivity index (χ0v) is 58.0. The van der Waals surface area contributed by atoms with Crippen LogP contribution in [0, 0.1) is 0 Å². The van der Waals surface area contributed by atoms with E-state index in [1.807, 2.05) is 6.08 Å². The van der Waals surface area contributed by atoms with Crippen LogP contribution in [-0.4, -0.2) is 15.3 Å². The first-order valence-corrected chi connectivity index (χ1v) is 35.3. The van der Waals surface area contributed by atoms with Crippen LogP contribution in [0.15, 0.2) is 382 Å². The first kappa shape index (κ1) is 68.3. The molecule has 0 bridgehead atoms. The van der Waals surface area contributed by atoms with Gasteiger partial charge in [-0.25, -0.2) is 0 Å².